The summed E-state index contributed by atoms with van der Waals surface area (Å²) in [7, 11) is 2.90. The highest BCUT2D eigenvalue weighted by atomic mass is 35.5. The lowest BCUT2D eigenvalue weighted by Crippen LogP contribution is -2.02. The number of carboxylic acids is 1. The number of allylic oxidation sites excluding steroid dienone is 1. The predicted octanol–water partition coefficient (Wildman–Crippen LogP) is 2.09. The van der Waals surface area contributed by atoms with Crippen molar-refractivity contribution in [2.24, 2.45) is 0 Å². The second-order valence-electron chi connectivity index (χ2n) is 3.23. The minimum absolute atomic E-state index is 0.218. The number of carbonyl (C=O) groups excluding carboxylic acids is 1. The molecule has 0 radical (unpaired) electrons. The molecule has 96 valence electrons. The summed E-state index contributed by atoms with van der Waals surface area (Å²) in [5, 5.41) is 8.12. The van der Waals surface area contributed by atoms with Gasteiger partial charge in [0.05, 0.1) is 19.3 Å². The van der Waals surface area contributed by atoms with Gasteiger partial charge in [0.25, 0.3) is 0 Å². The summed E-state index contributed by atoms with van der Waals surface area (Å²) in [5.74, 6) is -1.05. The first-order valence-electron chi connectivity index (χ1n) is 4.86. The van der Waals surface area contributed by atoms with Crippen molar-refractivity contribution in [3.63, 3.8) is 0 Å². The number of aliphatic carboxylic acids is 1. The van der Waals surface area contributed by atoms with E-state index in [0.717, 1.165) is 0 Å². The molecule has 0 saturated carbocycles. The Morgan fingerprint density at radius 1 is 1.22 bits per heavy atom. The van der Waals surface area contributed by atoms with Crippen LogP contribution in [0.4, 0.5) is 0 Å². The van der Waals surface area contributed by atoms with Crippen LogP contribution in [0.25, 0.3) is 0 Å². The maximum atomic E-state index is 11.8. The number of hydrogen-bond donors (Lipinski definition) is 1. The summed E-state index contributed by atoms with van der Waals surface area (Å²) >= 11 is 5.59. The Kier molecular flexibility index (Phi) is 4.74. The fraction of sp³-hybridized carbons (Fsp3) is 0.167. The molecule has 1 aromatic carbocycles. The fourth-order valence-corrected chi connectivity index (χ4v) is 1.49. The first-order valence-corrected chi connectivity index (χ1v) is 5.24. The first kappa shape index (κ1) is 14.1. The zero-order chi connectivity index (χ0) is 13.7. The van der Waals surface area contributed by atoms with Gasteiger partial charge in [0.15, 0.2) is 11.5 Å². The number of methoxy groups -OCH3 is 2. The molecule has 0 spiro atoms. The third-order valence-electron chi connectivity index (χ3n) is 2.11. The summed E-state index contributed by atoms with van der Waals surface area (Å²) in [6, 6.07) is 4.44. The molecule has 6 heteroatoms. The largest absolute Gasteiger partial charge is 0.493 e. The summed E-state index contributed by atoms with van der Waals surface area (Å²) < 4.78 is 10.0. The van der Waals surface area contributed by atoms with Crippen LogP contribution in [0.3, 0.4) is 0 Å². The lowest BCUT2D eigenvalue weighted by molar-refractivity contribution is -0.131. The molecule has 0 bridgehead atoms. The number of carboxylic acid groups (broad SMARTS) is 1. The maximum Gasteiger partial charge on any atom is 0.329 e. The Bertz CT molecular complexity index is 507. The molecule has 1 rings (SSSR count). The molecule has 0 fully saturated rings. The molecule has 1 N–H and O–H groups in total. The lowest BCUT2D eigenvalue weighted by atomic mass is 10.1. The van der Waals surface area contributed by atoms with Gasteiger partial charge in [0.2, 0.25) is 5.78 Å². The van der Waals surface area contributed by atoms with Crippen molar-refractivity contribution >= 4 is 23.4 Å². The van der Waals surface area contributed by atoms with E-state index in [2.05, 4.69) is 0 Å². The SMILES string of the molecule is COc1ccc(C(=O)/C(Cl)=C\C(=O)O)cc1OC. The topological polar surface area (TPSA) is 72.8 Å². The number of carbonyl (C=O) groups is 2. The summed E-state index contributed by atoms with van der Waals surface area (Å²) in [6.45, 7) is 0. The van der Waals surface area contributed by atoms with Crippen molar-refractivity contribution in [2.75, 3.05) is 14.2 Å². The molecule has 0 saturated heterocycles. The molecule has 5 nitrogen and oxygen atoms in total. The van der Waals surface area contributed by atoms with Crippen molar-refractivity contribution < 1.29 is 24.2 Å². The van der Waals surface area contributed by atoms with Gasteiger partial charge >= 0.3 is 5.97 Å². The fourth-order valence-electron chi connectivity index (χ4n) is 1.29. The van der Waals surface area contributed by atoms with Gasteiger partial charge in [-0.2, -0.15) is 0 Å². The number of halogens is 1. The minimum Gasteiger partial charge on any atom is -0.493 e. The van der Waals surface area contributed by atoms with E-state index in [4.69, 9.17) is 26.2 Å². The van der Waals surface area contributed by atoms with Crippen LogP contribution in [0, 0.1) is 0 Å². The van der Waals surface area contributed by atoms with E-state index < -0.39 is 11.8 Å². The Balaban J connectivity index is 3.11. The molecule has 0 amide bonds. The van der Waals surface area contributed by atoms with Crippen LogP contribution in [0.5, 0.6) is 11.5 Å². The predicted molar refractivity (Wildman–Crippen MR) is 65.4 cm³/mol. The minimum atomic E-state index is -1.28. The zero-order valence-corrected chi connectivity index (χ0v) is 10.5. The standard InChI is InChI=1S/C12H11ClO5/c1-17-9-4-3-7(5-10(9)18-2)12(16)8(13)6-11(14)15/h3-6H,1-2H3,(H,14,15)/b8-6+. The van der Waals surface area contributed by atoms with Gasteiger partial charge in [-0.15, -0.1) is 0 Å². The van der Waals surface area contributed by atoms with E-state index in [9.17, 15) is 9.59 Å². The second kappa shape index (κ2) is 6.07. The molecular weight excluding hydrogens is 260 g/mol. The van der Waals surface area contributed by atoms with Crippen LogP contribution in [0.2, 0.25) is 0 Å². The van der Waals surface area contributed by atoms with Crippen LogP contribution in [-0.4, -0.2) is 31.1 Å². The van der Waals surface area contributed by atoms with E-state index in [0.29, 0.717) is 17.6 Å². The third-order valence-corrected chi connectivity index (χ3v) is 2.39. The van der Waals surface area contributed by atoms with Gasteiger partial charge < -0.3 is 14.6 Å². The van der Waals surface area contributed by atoms with Crippen LogP contribution in [0.15, 0.2) is 29.3 Å². The van der Waals surface area contributed by atoms with Gasteiger partial charge in [-0.1, -0.05) is 11.6 Å². The third kappa shape index (κ3) is 3.24. The van der Waals surface area contributed by atoms with Crippen molar-refractivity contribution in [2.45, 2.75) is 0 Å². The van der Waals surface area contributed by atoms with E-state index in [1.165, 1.54) is 32.4 Å². The Morgan fingerprint density at radius 2 is 1.83 bits per heavy atom. The summed E-state index contributed by atoms with van der Waals surface area (Å²) in [6.07, 6.45) is 0.639. The van der Waals surface area contributed by atoms with E-state index in [1.807, 2.05) is 0 Å². The quantitative estimate of drug-likeness (QED) is 0.655. The summed E-state index contributed by atoms with van der Waals surface area (Å²) in [4.78, 5) is 22.2. The molecule has 0 aliphatic carbocycles. The highest BCUT2D eigenvalue weighted by molar-refractivity contribution is 6.46. The number of benzene rings is 1. The van der Waals surface area contributed by atoms with Gasteiger partial charge in [0.1, 0.15) is 0 Å². The second-order valence-corrected chi connectivity index (χ2v) is 3.64. The van der Waals surface area contributed by atoms with Crippen LogP contribution in [-0.2, 0) is 4.79 Å². The number of hydrogen-bond acceptors (Lipinski definition) is 4. The Morgan fingerprint density at radius 3 is 2.33 bits per heavy atom. The van der Waals surface area contributed by atoms with E-state index >= 15 is 0 Å². The monoisotopic (exact) mass is 270 g/mol. The maximum absolute atomic E-state index is 11.8. The Hall–Kier alpha value is -2.01. The van der Waals surface area contributed by atoms with E-state index in [-0.39, 0.29) is 10.6 Å². The molecule has 0 aromatic heterocycles. The molecule has 0 atom stereocenters. The molecule has 0 aliphatic heterocycles. The van der Waals surface area contributed by atoms with Gasteiger partial charge in [-0.25, -0.2) is 4.79 Å². The van der Waals surface area contributed by atoms with Crippen LogP contribution >= 0.6 is 11.6 Å². The molecular formula is C12H11ClO5. The van der Waals surface area contributed by atoms with Gasteiger partial charge in [-0.05, 0) is 18.2 Å². The van der Waals surface area contributed by atoms with E-state index in [1.54, 1.807) is 0 Å². The molecule has 18 heavy (non-hydrogen) atoms. The highest BCUT2D eigenvalue weighted by Gasteiger charge is 2.14. The highest BCUT2D eigenvalue weighted by Crippen LogP contribution is 2.28. The van der Waals surface area contributed by atoms with Crippen LogP contribution in [0.1, 0.15) is 10.4 Å². The average Bonchev–Trinajstić information content (AvgIpc) is 2.36. The van der Waals surface area contributed by atoms with Crippen molar-refractivity contribution in [1.82, 2.24) is 0 Å². The van der Waals surface area contributed by atoms with Crippen molar-refractivity contribution in [3.8, 4) is 11.5 Å². The zero-order valence-electron chi connectivity index (χ0n) is 9.77. The number of rotatable bonds is 5. The lowest BCUT2D eigenvalue weighted by Gasteiger charge is -2.08. The number of ether oxygens (including phenoxy) is 2. The molecule has 0 unspecified atom stereocenters. The normalized spacial score (nSPS) is 10.9. The molecule has 0 heterocycles. The van der Waals surface area contributed by atoms with Gasteiger partial charge in [-0.3, -0.25) is 4.79 Å². The smallest absolute Gasteiger partial charge is 0.329 e. The number of Topliss-reactive ketones (excluding diaryl/α,β-unsaturated/α-hetero) is 1. The Labute approximate surface area is 109 Å². The first-order chi connectivity index (χ1) is 8.49. The number of ketones is 1. The van der Waals surface area contributed by atoms with Crippen molar-refractivity contribution in [1.29, 1.82) is 0 Å². The van der Waals surface area contributed by atoms with Crippen molar-refractivity contribution in [3.05, 3.63) is 34.9 Å². The summed E-state index contributed by atoms with van der Waals surface area (Å²) in [5.41, 5.74) is 0.218. The van der Waals surface area contributed by atoms with Gasteiger partial charge in [0, 0.05) is 11.6 Å². The molecule has 0 aliphatic rings. The molecule has 1 aromatic rings. The average molecular weight is 271 g/mol. The van der Waals surface area contributed by atoms with Crippen LogP contribution < -0.4 is 9.47 Å².